The van der Waals surface area contributed by atoms with Gasteiger partial charge in [-0.25, -0.2) is 19.2 Å². The molecule has 2 aliphatic heterocycles. The number of phenolic OH excluding ortho intramolecular Hbond substituents is 2. The summed E-state index contributed by atoms with van der Waals surface area (Å²) in [4.78, 5) is 47.4. The summed E-state index contributed by atoms with van der Waals surface area (Å²) in [6.45, 7) is -1.30. The highest BCUT2D eigenvalue weighted by Gasteiger charge is 2.40. The van der Waals surface area contributed by atoms with Crippen molar-refractivity contribution in [2.24, 2.45) is 0 Å². The number of rotatable bonds is 9. The molecule has 0 saturated carbocycles. The van der Waals surface area contributed by atoms with Gasteiger partial charge in [0.1, 0.15) is 63.8 Å². The van der Waals surface area contributed by atoms with Crippen LogP contribution in [0.5, 0.6) is 11.5 Å². The van der Waals surface area contributed by atoms with Gasteiger partial charge in [-0.1, -0.05) is 24.3 Å². The minimum absolute atomic E-state index is 0.0300. The predicted molar refractivity (Wildman–Crippen MR) is 202 cm³/mol. The van der Waals surface area contributed by atoms with Crippen LogP contribution >= 0.6 is 0 Å². The minimum atomic E-state index is -1.60. The van der Waals surface area contributed by atoms with Crippen molar-refractivity contribution in [2.75, 3.05) is 13.2 Å². The highest BCUT2D eigenvalue weighted by molar-refractivity contribution is 5.91. The molecule has 0 aliphatic carbocycles. The molecular formula is C38H32N6O17. The first kappa shape index (κ1) is 42.3. The second-order valence-corrected chi connectivity index (χ2v) is 12.7. The van der Waals surface area contributed by atoms with Crippen molar-refractivity contribution in [1.82, 2.24) is 30.0 Å². The molecular weight excluding hydrogens is 812 g/mol. The molecule has 10 N–H and O–H groups in total. The molecule has 23 nitrogen and oxygen atoms in total. The van der Waals surface area contributed by atoms with Crippen molar-refractivity contribution in [3.63, 3.8) is 0 Å². The topological polar surface area (TPSA) is 360 Å². The number of esters is 3. The van der Waals surface area contributed by atoms with Crippen molar-refractivity contribution in [1.29, 1.82) is 0 Å². The third-order valence-corrected chi connectivity index (χ3v) is 8.59. The van der Waals surface area contributed by atoms with Crippen molar-refractivity contribution < 1.29 is 84.5 Å². The number of aromatic nitrogens is 6. The fraction of sp³-hybridized carbons (Fsp3) is 0.158. The number of hydrogen-bond donors (Lipinski definition) is 10. The summed E-state index contributed by atoms with van der Waals surface area (Å²) >= 11 is 0. The van der Waals surface area contributed by atoms with Crippen molar-refractivity contribution >= 4 is 45.9 Å². The van der Waals surface area contributed by atoms with E-state index in [1.165, 1.54) is 46.0 Å². The Morgan fingerprint density at radius 2 is 1.02 bits per heavy atom. The lowest BCUT2D eigenvalue weighted by molar-refractivity contribution is -0.148. The number of aliphatic hydroxyl groups excluding tert-OH is 7. The number of aromatic carboxylic acids is 1. The Balaban J connectivity index is 0.000000171. The zero-order valence-electron chi connectivity index (χ0n) is 30.8. The highest BCUT2D eigenvalue weighted by Crippen LogP contribution is 2.26. The molecule has 0 amide bonds. The summed E-state index contributed by atoms with van der Waals surface area (Å²) in [6.07, 6.45) is -5.92. The van der Waals surface area contributed by atoms with Gasteiger partial charge in [0.05, 0.1) is 17.7 Å². The van der Waals surface area contributed by atoms with Gasteiger partial charge in [-0.15, -0.1) is 30.0 Å². The van der Waals surface area contributed by atoms with Crippen LogP contribution in [-0.2, 0) is 23.8 Å². The number of cyclic esters (lactones) is 2. The first-order valence-electron chi connectivity index (χ1n) is 17.4. The average molecular weight is 845 g/mol. The molecule has 8 rings (SSSR count). The number of ether oxygens (including phenoxy) is 3. The van der Waals surface area contributed by atoms with Crippen LogP contribution in [0.2, 0.25) is 0 Å². The lowest BCUT2D eigenvalue weighted by Gasteiger charge is -2.17. The summed E-state index contributed by atoms with van der Waals surface area (Å²) in [7, 11) is 0. The summed E-state index contributed by atoms with van der Waals surface area (Å²) in [5.41, 5.74) is 2.99. The quantitative estimate of drug-likeness (QED) is 0.0724. The maximum atomic E-state index is 12.3. The second kappa shape index (κ2) is 17.7. The van der Waals surface area contributed by atoms with E-state index < -0.39 is 84.5 Å². The molecule has 0 saturated heterocycles. The van der Waals surface area contributed by atoms with E-state index in [1.54, 1.807) is 36.4 Å². The Kier molecular flexibility index (Phi) is 12.3. The molecule has 316 valence electrons. The number of fused-ring (bicyclic) bond motifs is 2. The van der Waals surface area contributed by atoms with Crippen LogP contribution in [0.15, 0.2) is 108 Å². The van der Waals surface area contributed by atoms with Gasteiger partial charge >= 0.3 is 23.9 Å². The molecule has 6 aromatic rings. The first-order chi connectivity index (χ1) is 29.1. The van der Waals surface area contributed by atoms with Crippen LogP contribution in [0.25, 0.3) is 33.4 Å². The first-order valence-corrected chi connectivity index (χ1v) is 17.4. The number of aromatic hydroxyl groups is 2. The van der Waals surface area contributed by atoms with Crippen LogP contribution in [0.3, 0.4) is 0 Å². The molecule has 0 radical (unpaired) electrons. The van der Waals surface area contributed by atoms with E-state index in [2.05, 4.69) is 29.9 Å². The Labute approximate surface area is 339 Å². The number of hydrogen-bond acceptors (Lipinski definition) is 20. The second-order valence-electron chi connectivity index (χ2n) is 12.7. The van der Waals surface area contributed by atoms with Gasteiger partial charge in [-0.2, -0.15) is 0 Å². The largest absolute Gasteiger partial charge is 0.506 e. The van der Waals surface area contributed by atoms with E-state index >= 15 is 0 Å². The molecule has 4 heterocycles. The van der Waals surface area contributed by atoms with E-state index in [0.29, 0.717) is 22.1 Å². The Hall–Kier alpha value is -8.28. The number of carbonyl (C=O) groups is 4. The third kappa shape index (κ3) is 9.07. The van der Waals surface area contributed by atoms with Gasteiger partial charge in [0.15, 0.2) is 23.7 Å². The van der Waals surface area contributed by atoms with Crippen LogP contribution in [-0.4, -0.2) is 143 Å². The standard InChI is InChI=1S/C19H15N3O8.C13H9N3O3.C6H8O6/c23-13-6-5-9(7-12(13)22-20-10-3-1-2-4-11(10)21-22)18(27)29-8-14(24)17-15(25)16(26)19(28)30-17;17-12-6-5-8(13(18)19)7-11(12)16-14-9-3-1-2-4-10(9)15-16;7-1-2(8)5-3(9)4(10)6(11)12-5/h1-7,14,17,23-26H,8H2;1-7,17H,(H,18,19);2,5,7-10H,1H2/t14-,17-;;2-,5-/m1.1/s1. The van der Waals surface area contributed by atoms with Crippen LogP contribution in [0, 0.1) is 0 Å². The van der Waals surface area contributed by atoms with Gasteiger partial charge in [-0.05, 0) is 60.7 Å². The molecule has 2 aliphatic rings. The van der Waals surface area contributed by atoms with E-state index in [1.807, 2.05) is 12.1 Å². The van der Waals surface area contributed by atoms with Gasteiger partial charge in [0.2, 0.25) is 11.5 Å². The summed E-state index contributed by atoms with van der Waals surface area (Å²) in [5, 5.41) is 110. The lowest BCUT2D eigenvalue weighted by Crippen LogP contribution is -2.33. The molecule has 0 fully saturated rings. The third-order valence-electron chi connectivity index (χ3n) is 8.59. The fourth-order valence-corrected chi connectivity index (χ4v) is 5.44. The highest BCUT2D eigenvalue weighted by atomic mass is 16.6. The molecule has 4 aromatic carbocycles. The molecule has 2 aromatic heterocycles. The normalized spacial score (nSPS) is 16.9. The fourth-order valence-electron chi connectivity index (χ4n) is 5.44. The van der Waals surface area contributed by atoms with Gasteiger partial charge in [0, 0.05) is 0 Å². The number of aliphatic hydroxyl groups is 7. The van der Waals surface area contributed by atoms with Crippen molar-refractivity contribution in [3.8, 4) is 22.9 Å². The molecule has 0 unspecified atom stereocenters. The zero-order chi connectivity index (χ0) is 44.1. The number of carboxylic acid groups (broad SMARTS) is 1. The number of benzene rings is 4. The lowest BCUT2D eigenvalue weighted by atomic mass is 10.1. The maximum Gasteiger partial charge on any atom is 0.377 e. The van der Waals surface area contributed by atoms with E-state index in [9.17, 15) is 44.7 Å². The SMILES string of the molecule is O=C(O)c1ccc(O)c(-n2nc3ccccc3n2)c1.O=C1O[C@H]([C@H](O)CO)C(O)=C1O.O=C1O[C@H]([C@H](O)COC(=O)c2ccc(O)c(-n3nc4ccccc4n3)c2)C(O)=C1O. The average Bonchev–Trinajstić information content (AvgIpc) is 4.02. The molecule has 4 atom stereocenters. The Bertz CT molecular complexity index is 2660. The number of carbonyl (C=O) groups excluding carboxylic acids is 3. The van der Waals surface area contributed by atoms with Crippen LogP contribution < -0.4 is 0 Å². The Morgan fingerprint density at radius 3 is 1.39 bits per heavy atom. The summed E-state index contributed by atoms with van der Waals surface area (Å²) in [5.74, 6) is -7.99. The molecule has 23 heteroatoms. The van der Waals surface area contributed by atoms with E-state index in [0.717, 1.165) is 0 Å². The summed E-state index contributed by atoms with van der Waals surface area (Å²) in [6, 6.07) is 22.1. The van der Waals surface area contributed by atoms with Gasteiger partial charge in [-0.3, -0.25) is 0 Å². The molecule has 0 spiro atoms. The number of phenols is 2. The van der Waals surface area contributed by atoms with Crippen LogP contribution in [0.4, 0.5) is 0 Å². The summed E-state index contributed by atoms with van der Waals surface area (Å²) < 4.78 is 13.9. The van der Waals surface area contributed by atoms with E-state index in [-0.39, 0.29) is 34.0 Å². The van der Waals surface area contributed by atoms with Crippen LogP contribution in [0.1, 0.15) is 20.7 Å². The van der Waals surface area contributed by atoms with Crippen molar-refractivity contribution in [2.45, 2.75) is 24.4 Å². The minimum Gasteiger partial charge on any atom is -0.506 e. The number of nitrogens with zero attached hydrogens (tertiary/aromatic N) is 6. The van der Waals surface area contributed by atoms with Gasteiger partial charge < -0.3 is 65.3 Å². The smallest absolute Gasteiger partial charge is 0.377 e. The molecule has 61 heavy (non-hydrogen) atoms. The Morgan fingerprint density at radius 1 is 0.623 bits per heavy atom. The van der Waals surface area contributed by atoms with E-state index in [4.69, 9.17) is 30.3 Å². The van der Waals surface area contributed by atoms with Crippen molar-refractivity contribution in [3.05, 3.63) is 119 Å². The predicted octanol–water partition coefficient (Wildman–Crippen LogP) is 1.31. The zero-order valence-corrected chi connectivity index (χ0v) is 30.8. The number of carboxylic acids is 1. The monoisotopic (exact) mass is 844 g/mol. The maximum absolute atomic E-state index is 12.3. The van der Waals surface area contributed by atoms with Gasteiger partial charge in [0.25, 0.3) is 0 Å². The molecule has 0 bridgehead atoms.